The Morgan fingerprint density at radius 3 is 2.85 bits per heavy atom. The van der Waals surface area contributed by atoms with Crippen molar-refractivity contribution < 1.29 is 21.8 Å². The summed E-state index contributed by atoms with van der Waals surface area (Å²) in [5.74, 6) is 0. The zero-order valence-electron chi connectivity index (χ0n) is 8.60. The van der Waals surface area contributed by atoms with Crippen molar-refractivity contribution in [2.24, 2.45) is 0 Å². The van der Waals surface area contributed by atoms with Crippen LogP contribution in [0.2, 0.25) is 0 Å². The molecule has 0 aromatic carbocycles. The Kier molecular flexibility index (Phi) is 2.84. The van der Waals surface area contributed by atoms with E-state index >= 15 is 0 Å². The summed E-state index contributed by atoms with van der Waals surface area (Å²) >= 11 is 0.0542. The maximum absolute atomic E-state index is 3.69. The second kappa shape index (κ2) is 3.64. The minimum absolute atomic E-state index is 0.0542. The van der Waals surface area contributed by atoms with E-state index in [0.29, 0.717) is 11.7 Å². The molecule has 0 spiro atoms. The number of fused-ring (bicyclic) bond motifs is 1. The number of hydrogen-bond acceptors (Lipinski definition) is 3. The molecule has 0 saturated carbocycles. The van der Waals surface area contributed by atoms with Gasteiger partial charge < -0.3 is 0 Å². The van der Waals surface area contributed by atoms with Gasteiger partial charge in [-0.1, -0.05) is 0 Å². The molecule has 0 bridgehead atoms. The molecule has 0 aromatic heterocycles. The van der Waals surface area contributed by atoms with Crippen LogP contribution < -0.4 is 30.6 Å². The van der Waals surface area contributed by atoms with E-state index in [0.717, 1.165) is 6.04 Å². The summed E-state index contributed by atoms with van der Waals surface area (Å²) in [7, 11) is 0. The van der Waals surface area contributed by atoms with Crippen LogP contribution in [0.1, 0.15) is 33.6 Å². The molecule has 2 unspecified atom stereocenters. The molecule has 2 aliphatic rings. The van der Waals surface area contributed by atoms with Crippen LogP contribution in [-0.4, -0.2) is 27.4 Å². The first-order valence-corrected chi connectivity index (χ1v) is 7.06. The van der Waals surface area contributed by atoms with E-state index in [-0.39, 0.29) is 21.8 Å². The molecule has 0 amide bonds. The Bertz CT molecular complexity index is 190. The van der Waals surface area contributed by atoms with E-state index < -0.39 is 0 Å². The van der Waals surface area contributed by atoms with E-state index in [1.54, 1.807) is 0 Å². The van der Waals surface area contributed by atoms with Crippen molar-refractivity contribution in [3.63, 3.8) is 0 Å². The van der Waals surface area contributed by atoms with Gasteiger partial charge in [0.1, 0.15) is 0 Å². The summed E-state index contributed by atoms with van der Waals surface area (Å²) in [6, 6.07) is 0.723. The first kappa shape index (κ1) is 10.1. The van der Waals surface area contributed by atoms with Crippen LogP contribution in [0.4, 0.5) is 0 Å². The molecule has 0 aliphatic carbocycles. The van der Waals surface area contributed by atoms with Crippen molar-refractivity contribution in [3.05, 3.63) is 0 Å². The number of nitrogens with one attached hydrogen (secondary N) is 2. The molecule has 2 heterocycles. The van der Waals surface area contributed by atoms with Gasteiger partial charge in [0, 0.05) is 0 Å². The Morgan fingerprint density at radius 1 is 1.38 bits per heavy atom. The Hall–Kier alpha value is 0.610. The van der Waals surface area contributed by atoms with E-state index in [9.17, 15) is 0 Å². The van der Waals surface area contributed by atoms with E-state index in [2.05, 4.69) is 32.7 Å². The van der Waals surface area contributed by atoms with Crippen LogP contribution in [-0.2, 0) is 0 Å². The second-order valence-electron chi connectivity index (χ2n) is 4.82. The number of halogens is 1. The summed E-state index contributed by atoms with van der Waals surface area (Å²) in [5.41, 5.74) is 0.323. The third-order valence-electron chi connectivity index (χ3n) is 2.59. The molecule has 3 nitrogen and oxygen atoms in total. The standard InChI is InChI=1S/C9H19IN3/c1-9(2,3)13-8-7(12-10-13)5-4-6-11-8/h7-8,11-12H,4-6H2,1-3H3/q-1. The van der Waals surface area contributed by atoms with E-state index in [4.69, 9.17) is 0 Å². The van der Waals surface area contributed by atoms with Crippen molar-refractivity contribution in [1.82, 2.24) is 12.0 Å². The quantitative estimate of drug-likeness (QED) is 0.388. The molecule has 0 radical (unpaired) electrons. The van der Waals surface area contributed by atoms with Gasteiger partial charge in [-0.05, 0) is 0 Å². The van der Waals surface area contributed by atoms with E-state index in [1.807, 2.05) is 0 Å². The molecular formula is C9H19IN3-. The maximum atomic E-state index is 3.69. The summed E-state index contributed by atoms with van der Waals surface area (Å²) in [6.07, 6.45) is 3.29. The minimum atomic E-state index is 0.0542. The summed E-state index contributed by atoms with van der Waals surface area (Å²) in [6.45, 7) is 8.13. The molecule has 13 heavy (non-hydrogen) atoms. The third-order valence-corrected chi connectivity index (χ3v) is 6.24. The van der Waals surface area contributed by atoms with Crippen molar-refractivity contribution in [2.45, 2.75) is 51.4 Å². The predicted octanol–water partition coefficient (Wildman–Crippen LogP) is -2.31. The Balaban J connectivity index is 2.07. The molecule has 2 rings (SSSR count). The van der Waals surface area contributed by atoms with Gasteiger partial charge in [-0.2, -0.15) is 0 Å². The topological polar surface area (TPSA) is 27.3 Å². The summed E-state index contributed by atoms with van der Waals surface area (Å²) < 4.78 is 6.32. The van der Waals surface area contributed by atoms with Gasteiger partial charge in [-0.15, -0.1) is 0 Å². The molecule has 2 atom stereocenters. The Labute approximate surface area is 91.6 Å². The van der Waals surface area contributed by atoms with Crippen LogP contribution in [0.3, 0.4) is 0 Å². The second-order valence-corrected chi connectivity index (χ2v) is 6.97. The number of nitrogens with zero attached hydrogens (tertiary/aromatic N) is 1. The average molecular weight is 296 g/mol. The van der Waals surface area contributed by atoms with Crippen LogP contribution in [0, 0.1) is 0 Å². The molecule has 0 aromatic rings. The van der Waals surface area contributed by atoms with Gasteiger partial charge in [-0.25, -0.2) is 0 Å². The first-order valence-electron chi connectivity index (χ1n) is 5.01. The van der Waals surface area contributed by atoms with Crippen molar-refractivity contribution in [2.75, 3.05) is 6.54 Å². The Morgan fingerprint density at radius 2 is 2.15 bits per heavy atom. The average Bonchev–Trinajstić information content (AvgIpc) is 2.45. The molecule has 2 aliphatic heterocycles. The zero-order valence-corrected chi connectivity index (χ0v) is 10.8. The van der Waals surface area contributed by atoms with Gasteiger partial charge in [-0.3, -0.25) is 0 Å². The van der Waals surface area contributed by atoms with Crippen LogP contribution >= 0.6 is 0 Å². The SMILES string of the molecule is CC(C)(C)N1[I-]NC2CCCNC21. The van der Waals surface area contributed by atoms with Gasteiger partial charge in [0.2, 0.25) is 0 Å². The molecule has 2 N–H and O–H groups in total. The monoisotopic (exact) mass is 296 g/mol. The molecule has 78 valence electrons. The van der Waals surface area contributed by atoms with Crippen molar-refractivity contribution in [1.29, 1.82) is 0 Å². The van der Waals surface area contributed by atoms with Crippen molar-refractivity contribution in [3.8, 4) is 0 Å². The van der Waals surface area contributed by atoms with Crippen LogP contribution in [0.5, 0.6) is 0 Å². The zero-order chi connectivity index (χ0) is 9.47. The van der Waals surface area contributed by atoms with E-state index in [1.165, 1.54) is 19.4 Å². The van der Waals surface area contributed by atoms with Gasteiger partial charge in [0.15, 0.2) is 0 Å². The summed E-state index contributed by atoms with van der Waals surface area (Å²) in [5, 5.41) is 3.63. The fourth-order valence-electron chi connectivity index (χ4n) is 1.94. The fourth-order valence-corrected chi connectivity index (χ4v) is 4.86. The molecular weight excluding hydrogens is 277 g/mol. The van der Waals surface area contributed by atoms with Crippen LogP contribution in [0.25, 0.3) is 0 Å². The van der Waals surface area contributed by atoms with Gasteiger partial charge in [0.25, 0.3) is 0 Å². The first-order chi connectivity index (χ1) is 6.09. The third kappa shape index (κ3) is 2.00. The van der Waals surface area contributed by atoms with Gasteiger partial charge >= 0.3 is 91.6 Å². The molecule has 4 heteroatoms. The normalized spacial score (nSPS) is 36.8. The van der Waals surface area contributed by atoms with Crippen molar-refractivity contribution >= 4 is 0 Å². The fraction of sp³-hybridized carbons (Fsp3) is 1.00. The predicted molar refractivity (Wildman–Crippen MR) is 49.5 cm³/mol. The van der Waals surface area contributed by atoms with Gasteiger partial charge in [0.05, 0.1) is 0 Å². The van der Waals surface area contributed by atoms with Crippen LogP contribution in [0.15, 0.2) is 0 Å². The number of rotatable bonds is 0. The molecule has 2 saturated heterocycles. The summed E-state index contributed by atoms with van der Waals surface area (Å²) in [4.78, 5) is 0. The number of hydrogen-bond donors (Lipinski definition) is 2. The molecule has 2 fully saturated rings. The number of piperidine rings is 1.